The molecule has 158 valence electrons. The summed E-state index contributed by atoms with van der Waals surface area (Å²) in [5, 5.41) is 3.71. The van der Waals surface area contributed by atoms with E-state index in [0.29, 0.717) is 42.5 Å². The molecule has 1 amide bonds. The van der Waals surface area contributed by atoms with E-state index in [9.17, 15) is 4.79 Å². The third-order valence-corrected chi connectivity index (χ3v) is 6.16. The summed E-state index contributed by atoms with van der Waals surface area (Å²) in [6.07, 6.45) is 0.0666. The predicted octanol–water partition coefficient (Wildman–Crippen LogP) is 4.13. The van der Waals surface area contributed by atoms with Crippen molar-refractivity contribution >= 4 is 44.9 Å². The van der Waals surface area contributed by atoms with Gasteiger partial charge in [0.2, 0.25) is 0 Å². The van der Waals surface area contributed by atoms with Gasteiger partial charge in [-0.15, -0.1) is 0 Å². The molecule has 1 aliphatic heterocycles. The van der Waals surface area contributed by atoms with Crippen LogP contribution in [0, 0.1) is 0 Å². The molecule has 0 aliphatic carbocycles. The summed E-state index contributed by atoms with van der Waals surface area (Å²) in [5.41, 5.74) is 2.70. The molecule has 3 aromatic rings. The zero-order valence-electron chi connectivity index (χ0n) is 16.5. The lowest BCUT2D eigenvalue weighted by atomic mass is 10.1. The Labute approximate surface area is 183 Å². The smallest absolute Gasteiger partial charge is 0.414 e. The average molecular weight is 448 g/mol. The number of rotatable bonds is 6. The Morgan fingerprint density at radius 1 is 1.27 bits per heavy atom. The highest BCUT2D eigenvalue weighted by Gasteiger charge is 2.20. The van der Waals surface area contributed by atoms with Crippen molar-refractivity contribution in [3.63, 3.8) is 0 Å². The molecule has 9 heteroatoms. The zero-order chi connectivity index (χ0) is 20.9. The molecule has 7 nitrogen and oxygen atoms in total. The maximum atomic E-state index is 12.2. The fourth-order valence-corrected chi connectivity index (χ4v) is 4.53. The van der Waals surface area contributed by atoms with Crippen LogP contribution in [0.15, 0.2) is 36.4 Å². The van der Waals surface area contributed by atoms with Crippen LogP contribution in [-0.2, 0) is 11.2 Å². The number of halogens is 1. The van der Waals surface area contributed by atoms with Crippen molar-refractivity contribution in [2.45, 2.75) is 6.42 Å². The van der Waals surface area contributed by atoms with E-state index in [0.717, 1.165) is 29.0 Å². The van der Waals surface area contributed by atoms with Crippen molar-refractivity contribution in [3.8, 4) is 10.9 Å². The number of aromatic nitrogens is 1. The SMILES string of the molecule is COc1ccc(N2CCOCC2)c2sc(OC(=O)NCCc3ccccc3Cl)nc12. The molecule has 0 atom stereocenters. The average Bonchev–Trinajstić information content (AvgIpc) is 3.18. The number of fused-ring (bicyclic) bond motifs is 1. The monoisotopic (exact) mass is 447 g/mol. The van der Waals surface area contributed by atoms with Gasteiger partial charge in [0.25, 0.3) is 5.19 Å². The number of nitrogens with zero attached hydrogens (tertiary/aromatic N) is 2. The predicted molar refractivity (Wildman–Crippen MR) is 118 cm³/mol. The van der Waals surface area contributed by atoms with Crippen molar-refractivity contribution in [2.24, 2.45) is 0 Å². The molecule has 1 saturated heterocycles. The minimum atomic E-state index is -0.548. The van der Waals surface area contributed by atoms with Crippen LogP contribution in [0.4, 0.5) is 10.5 Å². The van der Waals surface area contributed by atoms with Crippen molar-refractivity contribution in [2.75, 3.05) is 44.9 Å². The van der Waals surface area contributed by atoms with Crippen LogP contribution in [0.5, 0.6) is 10.9 Å². The van der Waals surface area contributed by atoms with Crippen molar-refractivity contribution < 1.29 is 19.0 Å². The number of morpholine rings is 1. The summed E-state index contributed by atoms with van der Waals surface area (Å²) in [6.45, 7) is 3.39. The van der Waals surface area contributed by atoms with Crippen LogP contribution in [0.2, 0.25) is 5.02 Å². The standard InChI is InChI=1S/C21H22ClN3O4S/c1-27-17-7-6-16(25-10-12-28-13-11-25)19-18(17)24-21(30-19)29-20(26)23-9-8-14-4-2-3-5-15(14)22/h2-7H,8-13H2,1H3,(H,23,26). The summed E-state index contributed by atoms with van der Waals surface area (Å²) in [7, 11) is 1.60. The summed E-state index contributed by atoms with van der Waals surface area (Å²) in [6, 6.07) is 11.5. The van der Waals surface area contributed by atoms with Crippen LogP contribution < -0.4 is 19.7 Å². The lowest BCUT2D eigenvalue weighted by Gasteiger charge is -2.29. The molecule has 30 heavy (non-hydrogen) atoms. The zero-order valence-corrected chi connectivity index (χ0v) is 18.1. The van der Waals surface area contributed by atoms with Crippen LogP contribution >= 0.6 is 22.9 Å². The number of anilines is 1. The van der Waals surface area contributed by atoms with Gasteiger partial charge in [-0.25, -0.2) is 4.79 Å². The van der Waals surface area contributed by atoms with E-state index >= 15 is 0 Å². The van der Waals surface area contributed by atoms with Gasteiger partial charge in [0.15, 0.2) is 0 Å². The summed E-state index contributed by atoms with van der Waals surface area (Å²) >= 11 is 7.48. The molecule has 0 unspecified atom stereocenters. The number of carbonyl (C=O) groups excluding carboxylic acids is 1. The lowest BCUT2D eigenvalue weighted by molar-refractivity contribution is 0.123. The van der Waals surface area contributed by atoms with Gasteiger partial charge in [-0.2, -0.15) is 4.98 Å². The molecule has 1 aromatic heterocycles. The number of ether oxygens (including phenoxy) is 3. The van der Waals surface area contributed by atoms with Crippen LogP contribution in [0.3, 0.4) is 0 Å². The number of benzene rings is 2. The molecule has 1 N–H and O–H groups in total. The van der Waals surface area contributed by atoms with Gasteiger partial charge in [0.1, 0.15) is 11.3 Å². The number of hydrogen-bond acceptors (Lipinski definition) is 7. The maximum absolute atomic E-state index is 12.2. The first-order chi connectivity index (χ1) is 14.7. The highest BCUT2D eigenvalue weighted by atomic mass is 35.5. The normalized spacial score (nSPS) is 14.0. The molecule has 0 spiro atoms. The van der Waals surface area contributed by atoms with Crippen LogP contribution in [0.25, 0.3) is 10.2 Å². The van der Waals surface area contributed by atoms with E-state index in [2.05, 4.69) is 15.2 Å². The molecule has 2 aromatic carbocycles. The number of nitrogens with one attached hydrogen (secondary N) is 1. The summed E-state index contributed by atoms with van der Waals surface area (Å²) < 4.78 is 17.3. The van der Waals surface area contributed by atoms with Gasteiger partial charge < -0.3 is 24.4 Å². The van der Waals surface area contributed by atoms with E-state index in [4.69, 9.17) is 25.8 Å². The third-order valence-electron chi connectivity index (χ3n) is 4.84. The van der Waals surface area contributed by atoms with Gasteiger partial charge in [-0.3, -0.25) is 0 Å². The van der Waals surface area contributed by atoms with Gasteiger partial charge >= 0.3 is 6.09 Å². The maximum Gasteiger partial charge on any atom is 0.414 e. The first kappa shape index (κ1) is 20.7. The topological polar surface area (TPSA) is 72.9 Å². The van der Waals surface area contributed by atoms with Crippen LogP contribution in [-0.4, -0.2) is 51.0 Å². The number of amides is 1. The molecule has 4 rings (SSSR count). The second kappa shape index (κ2) is 9.51. The molecular weight excluding hydrogens is 426 g/mol. The van der Waals surface area contributed by atoms with Gasteiger partial charge in [0, 0.05) is 24.7 Å². The van der Waals surface area contributed by atoms with E-state index in [1.807, 2.05) is 36.4 Å². The minimum absolute atomic E-state index is 0.277. The summed E-state index contributed by atoms with van der Waals surface area (Å²) in [5.74, 6) is 0.646. The van der Waals surface area contributed by atoms with Gasteiger partial charge in [-0.05, 0) is 30.2 Å². The Bertz CT molecular complexity index is 1040. The Morgan fingerprint density at radius 3 is 2.83 bits per heavy atom. The van der Waals surface area contributed by atoms with E-state index < -0.39 is 6.09 Å². The molecule has 0 radical (unpaired) electrons. The molecule has 0 saturated carbocycles. The number of carbonyl (C=O) groups is 1. The Morgan fingerprint density at radius 2 is 2.07 bits per heavy atom. The molecule has 0 bridgehead atoms. The van der Waals surface area contributed by atoms with Gasteiger partial charge in [-0.1, -0.05) is 41.1 Å². The van der Waals surface area contributed by atoms with E-state index in [-0.39, 0.29) is 5.19 Å². The Balaban J connectivity index is 1.46. The third kappa shape index (κ3) is 4.61. The number of methoxy groups -OCH3 is 1. The number of thiazole rings is 1. The molecule has 2 heterocycles. The highest BCUT2D eigenvalue weighted by Crippen LogP contribution is 2.40. The Hall–Kier alpha value is -2.55. The van der Waals surface area contributed by atoms with E-state index in [1.54, 1.807) is 7.11 Å². The quantitative estimate of drug-likeness (QED) is 0.612. The van der Waals surface area contributed by atoms with Gasteiger partial charge in [0.05, 0.1) is 30.7 Å². The largest absolute Gasteiger partial charge is 0.494 e. The Kier molecular flexibility index (Phi) is 6.56. The van der Waals surface area contributed by atoms with Crippen LogP contribution in [0.1, 0.15) is 5.56 Å². The highest BCUT2D eigenvalue weighted by molar-refractivity contribution is 7.21. The molecule has 1 fully saturated rings. The molecule has 1 aliphatic rings. The number of hydrogen-bond donors (Lipinski definition) is 1. The lowest BCUT2D eigenvalue weighted by Crippen LogP contribution is -2.36. The second-order valence-electron chi connectivity index (χ2n) is 6.70. The second-order valence-corrected chi connectivity index (χ2v) is 8.07. The van der Waals surface area contributed by atoms with Crippen molar-refractivity contribution in [3.05, 3.63) is 47.0 Å². The fourth-order valence-electron chi connectivity index (χ4n) is 3.33. The first-order valence-corrected chi connectivity index (χ1v) is 10.8. The molecular formula is C21H22ClN3O4S. The van der Waals surface area contributed by atoms with Crippen molar-refractivity contribution in [1.29, 1.82) is 0 Å². The fraction of sp³-hybridized carbons (Fsp3) is 0.333. The first-order valence-electron chi connectivity index (χ1n) is 9.65. The summed E-state index contributed by atoms with van der Waals surface area (Å²) in [4.78, 5) is 19.0. The minimum Gasteiger partial charge on any atom is -0.494 e. The van der Waals surface area contributed by atoms with Crippen molar-refractivity contribution in [1.82, 2.24) is 10.3 Å². The van der Waals surface area contributed by atoms with E-state index in [1.165, 1.54) is 11.3 Å².